The van der Waals surface area contributed by atoms with Crippen molar-refractivity contribution in [3.05, 3.63) is 29.3 Å². The van der Waals surface area contributed by atoms with Crippen LogP contribution in [0.25, 0.3) is 0 Å². The fourth-order valence-electron chi connectivity index (χ4n) is 4.57. The van der Waals surface area contributed by atoms with Gasteiger partial charge in [-0.25, -0.2) is 4.79 Å². The van der Waals surface area contributed by atoms with Gasteiger partial charge in [0, 0.05) is 7.05 Å². The number of carbonyl (C=O) groups excluding carboxylic acids is 3. The number of benzene rings is 1. The molecule has 1 saturated carbocycles. The van der Waals surface area contributed by atoms with Crippen molar-refractivity contribution in [3.8, 4) is 5.75 Å². The van der Waals surface area contributed by atoms with Gasteiger partial charge in [-0.3, -0.25) is 14.5 Å². The van der Waals surface area contributed by atoms with Gasteiger partial charge in [-0.1, -0.05) is 50.9 Å². The molecule has 1 aromatic rings. The second-order valence-electron chi connectivity index (χ2n) is 9.61. The van der Waals surface area contributed by atoms with Crippen LogP contribution in [0.3, 0.4) is 0 Å². The highest BCUT2D eigenvalue weighted by atomic mass is 35.5. The van der Waals surface area contributed by atoms with Crippen LogP contribution < -0.4 is 10.1 Å². The lowest BCUT2D eigenvalue weighted by Crippen LogP contribution is -2.51. The van der Waals surface area contributed by atoms with Gasteiger partial charge in [-0.15, -0.1) is 0 Å². The third-order valence-electron chi connectivity index (χ3n) is 7.34. The summed E-state index contributed by atoms with van der Waals surface area (Å²) in [6, 6.07) is 6.65. The highest BCUT2D eigenvalue weighted by molar-refractivity contribution is 6.32. The molecule has 1 spiro atoms. The molecule has 0 aromatic heterocycles. The molecule has 7 nitrogen and oxygen atoms in total. The molecule has 32 heavy (non-hydrogen) atoms. The minimum absolute atomic E-state index is 0.220. The molecule has 4 amide bonds. The van der Waals surface area contributed by atoms with Gasteiger partial charge in [0.1, 0.15) is 24.4 Å². The minimum Gasteiger partial charge on any atom is -0.490 e. The number of imide groups is 1. The third kappa shape index (κ3) is 5.03. The number of para-hydroxylation sites is 1. The zero-order valence-corrected chi connectivity index (χ0v) is 20.2. The summed E-state index contributed by atoms with van der Waals surface area (Å²) >= 11 is 6.07. The average Bonchev–Trinajstić information content (AvgIpc) is 2.99. The molecule has 1 heterocycles. The summed E-state index contributed by atoms with van der Waals surface area (Å²) in [7, 11) is 1.63. The zero-order chi connectivity index (χ0) is 23.5. The molecule has 176 valence electrons. The van der Waals surface area contributed by atoms with E-state index >= 15 is 0 Å². The van der Waals surface area contributed by atoms with Gasteiger partial charge in [0.25, 0.3) is 5.91 Å². The van der Waals surface area contributed by atoms with E-state index < -0.39 is 11.6 Å². The predicted octanol–water partition coefficient (Wildman–Crippen LogP) is 4.09. The maximum atomic E-state index is 13.1. The first-order valence-corrected chi connectivity index (χ1v) is 11.7. The normalized spacial score (nSPS) is 23.4. The topological polar surface area (TPSA) is 79.0 Å². The van der Waals surface area contributed by atoms with Crippen molar-refractivity contribution in [1.82, 2.24) is 15.1 Å². The van der Waals surface area contributed by atoms with E-state index in [2.05, 4.69) is 26.1 Å². The van der Waals surface area contributed by atoms with Crippen LogP contribution in [0, 0.1) is 11.3 Å². The van der Waals surface area contributed by atoms with Crippen molar-refractivity contribution in [1.29, 1.82) is 0 Å². The molecule has 1 aromatic carbocycles. The number of nitrogens with zero attached hydrogens (tertiary/aromatic N) is 2. The summed E-state index contributed by atoms with van der Waals surface area (Å²) in [4.78, 5) is 40.9. The maximum absolute atomic E-state index is 13.1. The summed E-state index contributed by atoms with van der Waals surface area (Å²) < 4.78 is 5.62. The summed E-state index contributed by atoms with van der Waals surface area (Å²) in [6.07, 6.45) is 4.12. The number of ether oxygens (including phenoxy) is 1. The van der Waals surface area contributed by atoms with Crippen LogP contribution in [0.15, 0.2) is 24.3 Å². The summed E-state index contributed by atoms with van der Waals surface area (Å²) in [6.45, 7) is 7.02. The average molecular weight is 464 g/mol. The Morgan fingerprint density at radius 2 is 1.94 bits per heavy atom. The lowest BCUT2D eigenvalue weighted by Gasteiger charge is -2.42. The van der Waals surface area contributed by atoms with Gasteiger partial charge in [-0.2, -0.15) is 0 Å². The summed E-state index contributed by atoms with van der Waals surface area (Å²) in [5.41, 5.74) is -0.638. The van der Waals surface area contributed by atoms with E-state index in [1.54, 1.807) is 19.2 Å². The smallest absolute Gasteiger partial charge is 0.325 e. The molecule has 3 rings (SSSR count). The molecule has 1 aliphatic heterocycles. The minimum atomic E-state index is -0.858. The Morgan fingerprint density at radius 1 is 1.28 bits per heavy atom. The lowest BCUT2D eigenvalue weighted by atomic mass is 9.65. The quantitative estimate of drug-likeness (QED) is 0.589. The van der Waals surface area contributed by atoms with Crippen LogP contribution in [0.5, 0.6) is 5.75 Å². The Balaban J connectivity index is 1.52. The SMILES string of the molecule is CCC(C)(C)C1CCC2(CC1)NC(=O)N(CC(=O)N(C)CCOc1ccccc1Cl)C2=O. The van der Waals surface area contributed by atoms with E-state index in [1.807, 2.05) is 12.1 Å². The number of likely N-dealkylation sites (N-methyl/N-ethyl adjacent to an activating group) is 1. The Morgan fingerprint density at radius 3 is 2.56 bits per heavy atom. The fraction of sp³-hybridized carbons (Fsp3) is 0.625. The van der Waals surface area contributed by atoms with Crippen LogP contribution in [0.4, 0.5) is 4.79 Å². The molecular formula is C24H34ClN3O4. The van der Waals surface area contributed by atoms with Gasteiger partial charge in [0.15, 0.2) is 0 Å². The van der Waals surface area contributed by atoms with Crippen LogP contribution in [0.1, 0.15) is 52.9 Å². The van der Waals surface area contributed by atoms with Gasteiger partial charge in [-0.05, 0) is 49.1 Å². The van der Waals surface area contributed by atoms with Crippen molar-refractivity contribution in [3.63, 3.8) is 0 Å². The fourth-order valence-corrected chi connectivity index (χ4v) is 4.76. The lowest BCUT2D eigenvalue weighted by molar-refractivity contribution is -0.139. The molecule has 1 N–H and O–H groups in total. The Bertz CT molecular complexity index is 865. The number of hydrogen-bond donors (Lipinski definition) is 1. The van der Waals surface area contributed by atoms with E-state index in [1.165, 1.54) is 4.90 Å². The van der Waals surface area contributed by atoms with Crippen molar-refractivity contribution in [2.24, 2.45) is 11.3 Å². The largest absolute Gasteiger partial charge is 0.490 e. The van der Waals surface area contributed by atoms with E-state index in [9.17, 15) is 14.4 Å². The molecule has 0 unspecified atom stereocenters. The molecule has 1 aliphatic carbocycles. The second kappa shape index (κ2) is 9.69. The molecular weight excluding hydrogens is 430 g/mol. The van der Waals surface area contributed by atoms with Gasteiger partial charge in [0.05, 0.1) is 11.6 Å². The van der Waals surface area contributed by atoms with Crippen molar-refractivity contribution in [2.75, 3.05) is 26.7 Å². The molecule has 0 radical (unpaired) electrons. The highest BCUT2D eigenvalue weighted by Gasteiger charge is 2.53. The van der Waals surface area contributed by atoms with Crippen molar-refractivity contribution >= 4 is 29.4 Å². The van der Waals surface area contributed by atoms with Gasteiger partial charge in [0.2, 0.25) is 5.91 Å². The van der Waals surface area contributed by atoms with Crippen LogP contribution in [-0.2, 0) is 9.59 Å². The molecule has 2 fully saturated rings. The Kier molecular flexibility index (Phi) is 7.38. The molecule has 2 aliphatic rings. The molecule has 8 heteroatoms. The standard InChI is InChI=1S/C24H34ClN3O4/c1-5-23(2,3)17-10-12-24(13-11-17)21(30)28(22(31)26-24)16-20(29)27(4)14-15-32-19-9-7-6-8-18(19)25/h6-9,17H,5,10-16H2,1-4H3,(H,26,31). The first-order valence-electron chi connectivity index (χ1n) is 11.3. The second-order valence-corrected chi connectivity index (χ2v) is 10.0. The third-order valence-corrected chi connectivity index (χ3v) is 7.65. The summed E-state index contributed by atoms with van der Waals surface area (Å²) in [5.74, 6) is 0.495. The first kappa shape index (κ1) is 24.4. The molecule has 0 atom stereocenters. The zero-order valence-electron chi connectivity index (χ0n) is 19.4. The number of urea groups is 1. The summed E-state index contributed by atoms with van der Waals surface area (Å²) in [5, 5.41) is 3.40. The van der Waals surface area contributed by atoms with Gasteiger partial charge < -0.3 is 15.0 Å². The van der Waals surface area contributed by atoms with Crippen molar-refractivity contribution < 1.29 is 19.1 Å². The van der Waals surface area contributed by atoms with Gasteiger partial charge >= 0.3 is 6.03 Å². The molecule has 0 bridgehead atoms. The van der Waals surface area contributed by atoms with E-state index in [0.29, 0.717) is 36.1 Å². The monoisotopic (exact) mass is 463 g/mol. The van der Waals surface area contributed by atoms with E-state index in [-0.39, 0.29) is 30.4 Å². The Labute approximate surface area is 195 Å². The highest BCUT2D eigenvalue weighted by Crippen LogP contribution is 2.45. The van der Waals surface area contributed by atoms with Crippen LogP contribution in [-0.4, -0.2) is 59.9 Å². The molecule has 1 saturated heterocycles. The Hall–Kier alpha value is -2.28. The number of halogens is 1. The number of carbonyl (C=O) groups is 3. The van der Waals surface area contributed by atoms with Crippen LogP contribution in [0.2, 0.25) is 5.02 Å². The number of hydrogen-bond acceptors (Lipinski definition) is 4. The first-order chi connectivity index (χ1) is 15.1. The van der Waals surface area contributed by atoms with E-state index in [0.717, 1.165) is 24.2 Å². The maximum Gasteiger partial charge on any atom is 0.325 e. The van der Waals surface area contributed by atoms with E-state index in [4.69, 9.17) is 16.3 Å². The number of rotatable bonds is 8. The van der Waals surface area contributed by atoms with Crippen molar-refractivity contribution in [2.45, 2.75) is 58.4 Å². The number of amides is 4. The predicted molar refractivity (Wildman–Crippen MR) is 124 cm³/mol. The van der Waals surface area contributed by atoms with Crippen LogP contribution >= 0.6 is 11.6 Å². The number of nitrogens with one attached hydrogen (secondary N) is 1.